The Morgan fingerprint density at radius 1 is 1.14 bits per heavy atom. The lowest BCUT2D eigenvalue weighted by Crippen LogP contribution is -2.31. The number of amides is 1. The van der Waals surface area contributed by atoms with Crippen LogP contribution in [-0.4, -0.2) is 48.7 Å². The van der Waals surface area contributed by atoms with Gasteiger partial charge in [-0.3, -0.25) is 14.9 Å². The largest absolute Gasteiger partial charge is 0.452 e. The fourth-order valence-electron chi connectivity index (χ4n) is 4.15. The van der Waals surface area contributed by atoms with Crippen molar-refractivity contribution in [3.63, 3.8) is 0 Å². The molecule has 0 unspecified atom stereocenters. The zero-order valence-corrected chi connectivity index (χ0v) is 19.3. The summed E-state index contributed by atoms with van der Waals surface area (Å²) < 4.78 is 10.3. The molecule has 3 aromatic rings. The van der Waals surface area contributed by atoms with Gasteiger partial charge in [-0.15, -0.1) is 0 Å². The Hall–Kier alpha value is -4.11. The van der Waals surface area contributed by atoms with E-state index in [1.54, 1.807) is 12.1 Å². The molecule has 9 nitrogen and oxygen atoms in total. The zero-order valence-electron chi connectivity index (χ0n) is 19.3. The number of pyridine rings is 1. The van der Waals surface area contributed by atoms with E-state index in [0.717, 1.165) is 29.5 Å². The molecule has 0 spiro atoms. The van der Waals surface area contributed by atoms with Crippen LogP contribution in [0.4, 0.5) is 5.69 Å². The van der Waals surface area contributed by atoms with Crippen molar-refractivity contribution >= 4 is 40.1 Å². The van der Waals surface area contributed by atoms with Crippen LogP contribution in [0.15, 0.2) is 48.5 Å². The average Bonchev–Trinajstić information content (AvgIpc) is 2.86. The number of hydrogen-bond donors (Lipinski definition) is 1. The molecule has 0 radical (unpaired) electrons. The van der Waals surface area contributed by atoms with E-state index in [1.165, 1.54) is 19.2 Å². The number of benzene rings is 2. The van der Waals surface area contributed by atoms with E-state index >= 15 is 0 Å². The summed E-state index contributed by atoms with van der Waals surface area (Å²) in [6.07, 6.45) is 4.16. The number of aromatic nitrogens is 1. The summed E-state index contributed by atoms with van der Waals surface area (Å²) in [5.74, 6) is -0.972. The Kier molecular flexibility index (Phi) is 7.47. The number of nitrogens with one attached hydrogen (secondary N) is 1. The lowest BCUT2D eigenvalue weighted by atomic mass is 9.86. The molecule has 1 aliphatic carbocycles. The number of non-ortho nitro benzene ring substituents is 1. The molecule has 0 saturated carbocycles. The van der Waals surface area contributed by atoms with Gasteiger partial charge in [0.1, 0.15) is 0 Å². The molecule has 180 valence electrons. The molecule has 0 atom stereocenters. The third-order valence-corrected chi connectivity index (χ3v) is 5.78. The predicted molar refractivity (Wildman–Crippen MR) is 131 cm³/mol. The summed E-state index contributed by atoms with van der Waals surface area (Å²) in [5.41, 5.74) is 4.35. The molecular weight excluding hydrogens is 450 g/mol. The molecule has 1 N–H and O–H groups in total. The highest BCUT2D eigenvalue weighted by Gasteiger charge is 2.26. The van der Waals surface area contributed by atoms with Crippen LogP contribution in [0.1, 0.15) is 40.0 Å². The lowest BCUT2D eigenvalue weighted by molar-refractivity contribution is -0.384. The smallest absolute Gasteiger partial charge is 0.339 e. The summed E-state index contributed by atoms with van der Waals surface area (Å²) >= 11 is 0. The maximum Gasteiger partial charge on any atom is 0.339 e. The number of hydrogen-bond acceptors (Lipinski definition) is 7. The molecule has 1 amide bonds. The van der Waals surface area contributed by atoms with Crippen LogP contribution in [0.2, 0.25) is 0 Å². The Bertz CT molecular complexity index is 1300. The number of rotatable bonds is 8. The number of ether oxygens (including phenoxy) is 2. The van der Waals surface area contributed by atoms with E-state index in [9.17, 15) is 19.7 Å². The second kappa shape index (κ2) is 10.9. The Morgan fingerprint density at radius 2 is 1.91 bits per heavy atom. The molecule has 0 bridgehead atoms. The lowest BCUT2D eigenvalue weighted by Gasteiger charge is -2.22. The van der Waals surface area contributed by atoms with Crippen molar-refractivity contribution in [2.24, 2.45) is 0 Å². The van der Waals surface area contributed by atoms with Crippen molar-refractivity contribution in [2.75, 3.05) is 26.9 Å². The third kappa shape index (κ3) is 5.52. The van der Waals surface area contributed by atoms with E-state index < -0.39 is 16.8 Å². The standard InChI is InChI=1S/C26H25N3O6/c1-34-14-13-27-23(30)16-35-26(31)24-20-6-2-3-8-22(20)28-25-18(5-4-7-21(24)25)15-17-9-11-19(12-10-17)29(32)33/h2-3,6,8-12,15H,4-5,7,13-14,16H2,1H3,(H,27,30)/b18-15+. The number of nitrogens with zero attached hydrogens (tertiary/aromatic N) is 2. The number of esters is 1. The summed E-state index contributed by atoms with van der Waals surface area (Å²) in [7, 11) is 1.54. The van der Waals surface area contributed by atoms with Crippen LogP contribution in [0, 0.1) is 10.1 Å². The fourth-order valence-corrected chi connectivity index (χ4v) is 4.15. The van der Waals surface area contributed by atoms with Gasteiger partial charge in [-0.25, -0.2) is 9.78 Å². The van der Waals surface area contributed by atoms with Gasteiger partial charge in [-0.05, 0) is 60.2 Å². The van der Waals surface area contributed by atoms with Gasteiger partial charge < -0.3 is 14.8 Å². The number of carbonyl (C=O) groups excluding carboxylic acids is 2. The highest BCUT2D eigenvalue weighted by atomic mass is 16.6. The summed E-state index contributed by atoms with van der Waals surface area (Å²) in [4.78, 5) is 40.6. The van der Waals surface area contributed by atoms with Crippen LogP contribution in [0.3, 0.4) is 0 Å². The topological polar surface area (TPSA) is 121 Å². The van der Waals surface area contributed by atoms with Gasteiger partial charge in [0.2, 0.25) is 0 Å². The van der Waals surface area contributed by atoms with Crippen molar-refractivity contribution in [2.45, 2.75) is 19.3 Å². The monoisotopic (exact) mass is 475 g/mol. The molecule has 1 aromatic heterocycles. The molecule has 0 aliphatic heterocycles. The van der Waals surface area contributed by atoms with Gasteiger partial charge >= 0.3 is 5.97 Å². The summed E-state index contributed by atoms with van der Waals surface area (Å²) in [6.45, 7) is 0.308. The van der Waals surface area contributed by atoms with Gasteiger partial charge in [0.05, 0.1) is 28.3 Å². The first-order valence-corrected chi connectivity index (χ1v) is 11.3. The van der Waals surface area contributed by atoms with Gasteiger partial charge in [0, 0.05) is 31.2 Å². The second-order valence-corrected chi connectivity index (χ2v) is 8.12. The zero-order chi connectivity index (χ0) is 24.8. The van der Waals surface area contributed by atoms with Crippen LogP contribution in [0.5, 0.6) is 0 Å². The summed E-state index contributed by atoms with van der Waals surface area (Å²) in [6, 6.07) is 13.7. The number of fused-ring (bicyclic) bond motifs is 2. The number of para-hydroxylation sites is 1. The first-order valence-electron chi connectivity index (χ1n) is 11.3. The first kappa shape index (κ1) is 24.0. The van der Waals surface area contributed by atoms with Gasteiger partial charge in [-0.2, -0.15) is 0 Å². The maximum absolute atomic E-state index is 13.2. The minimum atomic E-state index is -0.571. The molecule has 35 heavy (non-hydrogen) atoms. The van der Waals surface area contributed by atoms with E-state index in [0.29, 0.717) is 41.7 Å². The van der Waals surface area contributed by atoms with Crippen LogP contribution in [-0.2, 0) is 20.7 Å². The fraction of sp³-hybridized carbons (Fsp3) is 0.269. The Labute approximate surface area is 201 Å². The van der Waals surface area contributed by atoms with Gasteiger partial charge in [0.25, 0.3) is 11.6 Å². The molecule has 9 heteroatoms. The molecule has 4 rings (SSSR count). The number of methoxy groups -OCH3 is 1. The first-order chi connectivity index (χ1) is 17.0. The molecule has 1 aliphatic rings. The molecule has 0 fully saturated rings. The van der Waals surface area contributed by atoms with Crippen LogP contribution >= 0.6 is 0 Å². The predicted octanol–water partition coefficient (Wildman–Crippen LogP) is 3.94. The average molecular weight is 476 g/mol. The third-order valence-electron chi connectivity index (χ3n) is 5.78. The molecule has 2 aromatic carbocycles. The highest BCUT2D eigenvalue weighted by Crippen LogP contribution is 2.36. The van der Waals surface area contributed by atoms with E-state index in [1.807, 2.05) is 30.3 Å². The van der Waals surface area contributed by atoms with Crippen molar-refractivity contribution in [3.05, 3.63) is 81.0 Å². The van der Waals surface area contributed by atoms with Crippen molar-refractivity contribution in [3.8, 4) is 0 Å². The summed E-state index contributed by atoms with van der Waals surface area (Å²) in [5, 5.41) is 14.3. The normalized spacial score (nSPS) is 13.9. The molecule has 0 saturated heterocycles. The van der Waals surface area contributed by atoms with Crippen molar-refractivity contribution in [1.82, 2.24) is 10.3 Å². The van der Waals surface area contributed by atoms with Gasteiger partial charge in [0.15, 0.2) is 6.61 Å². The quantitative estimate of drug-likeness (QED) is 0.227. The van der Waals surface area contributed by atoms with Crippen LogP contribution < -0.4 is 5.32 Å². The Morgan fingerprint density at radius 3 is 2.66 bits per heavy atom. The number of nitro groups is 1. The van der Waals surface area contributed by atoms with E-state index in [2.05, 4.69) is 5.32 Å². The van der Waals surface area contributed by atoms with Gasteiger partial charge in [-0.1, -0.05) is 18.2 Å². The SMILES string of the molecule is COCCNC(=O)COC(=O)c1c2c(nc3ccccc13)/C(=C/c1ccc([N+](=O)[O-])cc1)CCC2. The Balaban J connectivity index is 1.68. The minimum Gasteiger partial charge on any atom is -0.452 e. The van der Waals surface area contributed by atoms with E-state index in [4.69, 9.17) is 14.5 Å². The number of allylic oxidation sites excluding steroid dienone is 1. The number of nitro benzene ring substituents is 1. The second-order valence-electron chi connectivity index (χ2n) is 8.12. The number of carbonyl (C=O) groups is 2. The van der Waals surface area contributed by atoms with Crippen molar-refractivity contribution in [1.29, 1.82) is 0 Å². The van der Waals surface area contributed by atoms with Crippen LogP contribution in [0.25, 0.3) is 22.6 Å². The maximum atomic E-state index is 13.2. The molecular formula is C26H25N3O6. The minimum absolute atomic E-state index is 0.0246. The highest BCUT2D eigenvalue weighted by molar-refractivity contribution is 6.07. The molecule has 1 heterocycles. The van der Waals surface area contributed by atoms with Crippen molar-refractivity contribution < 1.29 is 24.0 Å². The van der Waals surface area contributed by atoms with E-state index in [-0.39, 0.29) is 12.3 Å².